The van der Waals surface area contributed by atoms with Crippen LogP contribution in [0.4, 0.5) is 25.8 Å². The van der Waals surface area contributed by atoms with Crippen LogP contribution in [0, 0.1) is 18.6 Å². The Hall–Kier alpha value is -2.75. The highest BCUT2D eigenvalue weighted by atomic mass is 19.1. The minimum Gasteiger partial charge on any atom is -0.394 e. The van der Waals surface area contributed by atoms with E-state index in [1.165, 1.54) is 18.2 Å². The summed E-state index contributed by atoms with van der Waals surface area (Å²) in [4.78, 5) is 17.3. The Bertz CT molecular complexity index is 1050. The molecule has 34 heavy (non-hydrogen) atoms. The Labute approximate surface area is 197 Å². The molecule has 0 bridgehead atoms. The molecule has 1 unspecified atom stereocenters. The number of aliphatic hydroxyl groups excluding tert-OH is 1. The number of rotatable bonds is 5. The minimum atomic E-state index is -0.616. The molecule has 182 valence electrons. The average Bonchev–Trinajstić information content (AvgIpc) is 3.50. The number of fused-ring (bicyclic) bond motifs is 1. The predicted octanol–water partition coefficient (Wildman–Crippen LogP) is 2.52. The van der Waals surface area contributed by atoms with Crippen LogP contribution in [0.15, 0.2) is 30.3 Å². The second kappa shape index (κ2) is 9.48. The number of aryl methyl sites for hydroxylation is 1. The Morgan fingerprint density at radius 3 is 2.88 bits per heavy atom. The molecule has 7 nitrogen and oxygen atoms in total. The molecule has 3 N–H and O–H groups in total. The van der Waals surface area contributed by atoms with Crippen molar-refractivity contribution >= 4 is 23.0 Å². The number of benzene rings is 2. The van der Waals surface area contributed by atoms with Crippen LogP contribution in [0.25, 0.3) is 0 Å². The van der Waals surface area contributed by atoms with Crippen molar-refractivity contribution in [1.29, 1.82) is 0 Å². The third kappa shape index (κ3) is 4.60. The minimum absolute atomic E-state index is 0.00698. The molecule has 0 aliphatic carbocycles. The number of ether oxygens (including phenoxy) is 1. The number of hydrogen-bond acceptors (Lipinski definition) is 6. The summed E-state index contributed by atoms with van der Waals surface area (Å²) in [5.74, 6) is -1.08. The number of carbonyl (C=O) groups is 1. The summed E-state index contributed by atoms with van der Waals surface area (Å²) < 4.78 is 34.2. The fourth-order valence-corrected chi connectivity index (χ4v) is 5.24. The molecule has 0 aromatic heterocycles. The van der Waals surface area contributed by atoms with Crippen LogP contribution >= 0.6 is 0 Å². The van der Waals surface area contributed by atoms with Crippen molar-refractivity contribution in [2.75, 3.05) is 54.9 Å². The normalized spacial score (nSPS) is 24.7. The average molecular weight is 473 g/mol. The highest BCUT2D eigenvalue weighted by Gasteiger charge is 2.33. The third-order valence-electron chi connectivity index (χ3n) is 7.08. The molecule has 9 heteroatoms. The van der Waals surface area contributed by atoms with Crippen LogP contribution in [-0.2, 0) is 16.0 Å². The molecule has 3 atom stereocenters. The summed E-state index contributed by atoms with van der Waals surface area (Å²) in [6.07, 6.45) is 1.02. The molecule has 3 aliphatic heterocycles. The van der Waals surface area contributed by atoms with Crippen LogP contribution in [0.5, 0.6) is 0 Å². The monoisotopic (exact) mass is 472 g/mol. The van der Waals surface area contributed by atoms with E-state index in [0.717, 1.165) is 31.6 Å². The highest BCUT2D eigenvalue weighted by molar-refractivity contribution is 5.98. The SMILES string of the molecule is Cc1ccc(F)c2c1NC(C(=O)Nc1cc(F)cc(N3CC[C@@H](N4CCO[C@@H](CO)C4)C3)c1)C2. The van der Waals surface area contributed by atoms with E-state index in [9.17, 15) is 18.7 Å². The Morgan fingerprint density at radius 2 is 2.09 bits per heavy atom. The van der Waals surface area contributed by atoms with E-state index in [1.54, 1.807) is 12.1 Å². The van der Waals surface area contributed by atoms with Gasteiger partial charge in [-0.3, -0.25) is 9.69 Å². The van der Waals surface area contributed by atoms with Gasteiger partial charge in [-0.05, 0) is 43.2 Å². The number of aliphatic hydroxyl groups is 1. The number of hydrogen-bond donors (Lipinski definition) is 3. The molecule has 5 rings (SSSR count). The lowest BCUT2D eigenvalue weighted by Crippen LogP contribution is -2.49. The Balaban J connectivity index is 1.24. The first-order valence-electron chi connectivity index (χ1n) is 11.8. The first-order chi connectivity index (χ1) is 16.4. The summed E-state index contributed by atoms with van der Waals surface area (Å²) in [5.41, 5.74) is 3.15. The number of nitrogens with one attached hydrogen (secondary N) is 2. The molecule has 3 aliphatic rings. The van der Waals surface area contributed by atoms with Gasteiger partial charge in [-0.1, -0.05) is 6.07 Å². The number of carbonyl (C=O) groups excluding carboxylic acids is 1. The van der Waals surface area contributed by atoms with Crippen LogP contribution < -0.4 is 15.5 Å². The van der Waals surface area contributed by atoms with Gasteiger partial charge in [0.2, 0.25) is 5.91 Å². The zero-order valence-corrected chi connectivity index (χ0v) is 19.2. The standard InChI is InChI=1S/C25H30F2N4O3/c1-15-2-3-22(27)21-11-23(29-24(15)21)25(33)28-17-8-16(26)9-19(10-17)30-5-4-18(12-30)31-6-7-34-20(13-31)14-32/h2-3,8-10,18,20,23,29,32H,4-7,11-14H2,1H3,(H,28,33)/t18-,20-,23?/m1/s1. The summed E-state index contributed by atoms with van der Waals surface area (Å²) >= 11 is 0. The summed E-state index contributed by atoms with van der Waals surface area (Å²) in [7, 11) is 0. The van der Waals surface area contributed by atoms with Gasteiger partial charge in [-0.15, -0.1) is 0 Å². The van der Waals surface area contributed by atoms with E-state index in [4.69, 9.17) is 4.74 Å². The first-order valence-corrected chi connectivity index (χ1v) is 11.8. The summed E-state index contributed by atoms with van der Waals surface area (Å²) in [5, 5.41) is 15.3. The molecule has 0 saturated carbocycles. The lowest BCUT2D eigenvalue weighted by Gasteiger charge is -2.36. The fourth-order valence-electron chi connectivity index (χ4n) is 5.24. The molecule has 2 saturated heterocycles. The van der Waals surface area contributed by atoms with Gasteiger partial charge in [-0.25, -0.2) is 8.78 Å². The maximum absolute atomic E-state index is 14.5. The van der Waals surface area contributed by atoms with Crippen LogP contribution in [0.1, 0.15) is 17.5 Å². The van der Waals surface area contributed by atoms with Crippen molar-refractivity contribution in [2.24, 2.45) is 0 Å². The van der Waals surface area contributed by atoms with E-state index in [1.807, 2.05) is 6.92 Å². The van der Waals surface area contributed by atoms with E-state index in [0.29, 0.717) is 41.8 Å². The lowest BCUT2D eigenvalue weighted by atomic mass is 10.1. The van der Waals surface area contributed by atoms with Crippen LogP contribution in [0.3, 0.4) is 0 Å². The quantitative estimate of drug-likeness (QED) is 0.621. The van der Waals surface area contributed by atoms with Gasteiger partial charge in [0.1, 0.15) is 17.7 Å². The van der Waals surface area contributed by atoms with Crippen molar-refractivity contribution in [3.63, 3.8) is 0 Å². The van der Waals surface area contributed by atoms with E-state index >= 15 is 0 Å². The Kier molecular flexibility index (Phi) is 6.42. The highest BCUT2D eigenvalue weighted by Crippen LogP contribution is 2.32. The van der Waals surface area contributed by atoms with Crippen LogP contribution in [-0.4, -0.2) is 73.5 Å². The van der Waals surface area contributed by atoms with Crippen molar-refractivity contribution in [2.45, 2.75) is 38.0 Å². The summed E-state index contributed by atoms with van der Waals surface area (Å²) in [6, 6.07) is 7.36. The van der Waals surface area contributed by atoms with Gasteiger partial charge < -0.3 is 25.4 Å². The second-order valence-corrected chi connectivity index (χ2v) is 9.37. The number of halogens is 2. The number of nitrogens with zero attached hydrogens (tertiary/aromatic N) is 2. The molecular weight excluding hydrogens is 442 g/mol. The molecule has 2 aromatic carbocycles. The fraction of sp³-hybridized carbons (Fsp3) is 0.480. The summed E-state index contributed by atoms with van der Waals surface area (Å²) in [6.45, 7) is 5.50. The maximum Gasteiger partial charge on any atom is 0.247 e. The second-order valence-electron chi connectivity index (χ2n) is 9.37. The maximum atomic E-state index is 14.5. The van der Waals surface area contributed by atoms with Crippen molar-refractivity contribution in [1.82, 2.24) is 4.90 Å². The Morgan fingerprint density at radius 1 is 1.24 bits per heavy atom. The number of amides is 1. The number of anilines is 3. The predicted molar refractivity (Wildman–Crippen MR) is 126 cm³/mol. The first kappa shape index (κ1) is 23.0. The van der Waals surface area contributed by atoms with E-state index < -0.39 is 11.9 Å². The van der Waals surface area contributed by atoms with Gasteiger partial charge in [0.25, 0.3) is 0 Å². The third-order valence-corrected chi connectivity index (χ3v) is 7.08. The van der Waals surface area contributed by atoms with E-state index in [-0.39, 0.29) is 30.9 Å². The molecule has 0 radical (unpaired) electrons. The lowest BCUT2D eigenvalue weighted by molar-refractivity contribution is -0.116. The van der Waals surface area contributed by atoms with Gasteiger partial charge in [0.15, 0.2) is 0 Å². The molecule has 0 spiro atoms. The molecular formula is C25H30F2N4O3. The van der Waals surface area contributed by atoms with Gasteiger partial charge in [-0.2, -0.15) is 0 Å². The largest absolute Gasteiger partial charge is 0.394 e. The number of morpholine rings is 1. The van der Waals surface area contributed by atoms with Gasteiger partial charge in [0.05, 0.1) is 19.3 Å². The van der Waals surface area contributed by atoms with Crippen molar-refractivity contribution < 1.29 is 23.4 Å². The van der Waals surface area contributed by atoms with Crippen molar-refractivity contribution in [3.05, 3.63) is 53.1 Å². The van der Waals surface area contributed by atoms with Crippen molar-refractivity contribution in [3.8, 4) is 0 Å². The molecule has 3 heterocycles. The molecule has 1 amide bonds. The van der Waals surface area contributed by atoms with Gasteiger partial charge >= 0.3 is 0 Å². The van der Waals surface area contributed by atoms with E-state index in [2.05, 4.69) is 20.4 Å². The smallest absolute Gasteiger partial charge is 0.247 e. The van der Waals surface area contributed by atoms with Gasteiger partial charge in [0, 0.05) is 61.3 Å². The van der Waals surface area contributed by atoms with Crippen LogP contribution in [0.2, 0.25) is 0 Å². The zero-order valence-electron chi connectivity index (χ0n) is 19.2. The molecule has 2 fully saturated rings. The molecule has 2 aromatic rings. The topological polar surface area (TPSA) is 77.1 Å². The zero-order chi connectivity index (χ0) is 23.8.